The fourth-order valence-electron chi connectivity index (χ4n) is 4.50. The number of carbonyl (C=O) groups excluding carboxylic acids is 4. The normalized spacial score (nSPS) is 17.8. The second-order valence-electron chi connectivity index (χ2n) is 9.26. The van der Waals surface area contributed by atoms with Crippen LogP contribution >= 0.6 is 0 Å². The van der Waals surface area contributed by atoms with Crippen LogP contribution in [-0.2, 0) is 30.8 Å². The Balaban J connectivity index is 1.59. The number of primary sulfonamides is 1. The Bertz CT molecular complexity index is 1520. The van der Waals surface area contributed by atoms with Crippen LogP contribution in [-0.4, -0.2) is 90.8 Å². The van der Waals surface area contributed by atoms with Crippen LogP contribution in [0.25, 0.3) is 0 Å². The predicted octanol–water partition coefficient (Wildman–Crippen LogP) is -1.39. The SMILES string of the molecule is CCN1CCN(C(=O)NC(C(=O)N[C@H]2Cc3cccc(C(=O)O)c3OB2O)c2ccc(S(N)(=O)=O)cc2)C(=O)C1=O. The topological polar surface area (TPSA) is 226 Å². The molecule has 41 heavy (non-hydrogen) atoms. The van der Waals surface area contributed by atoms with Gasteiger partial charge in [-0.1, -0.05) is 24.3 Å². The van der Waals surface area contributed by atoms with Crippen LogP contribution in [0.2, 0.25) is 0 Å². The zero-order valence-corrected chi connectivity index (χ0v) is 22.5. The molecule has 4 rings (SSSR count). The second kappa shape index (κ2) is 11.6. The van der Waals surface area contributed by atoms with E-state index in [0.29, 0.717) is 10.5 Å². The van der Waals surface area contributed by atoms with Crippen LogP contribution in [0.15, 0.2) is 47.4 Å². The maximum absolute atomic E-state index is 13.5. The Morgan fingerprint density at radius 2 is 1.80 bits per heavy atom. The van der Waals surface area contributed by atoms with E-state index in [2.05, 4.69) is 10.6 Å². The maximum Gasteiger partial charge on any atom is 0.547 e. The molecule has 0 spiro atoms. The molecule has 0 radical (unpaired) electrons. The van der Waals surface area contributed by atoms with Gasteiger partial charge in [-0.15, -0.1) is 0 Å². The minimum absolute atomic E-state index is 0.0274. The van der Waals surface area contributed by atoms with Crippen molar-refractivity contribution >= 4 is 46.9 Å². The van der Waals surface area contributed by atoms with Gasteiger partial charge < -0.3 is 30.3 Å². The van der Waals surface area contributed by atoms with Gasteiger partial charge >= 0.3 is 30.9 Å². The number of urea groups is 1. The Hall–Kier alpha value is -4.48. The number of sulfonamides is 1. The first-order valence-corrected chi connectivity index (χ1v) is 13.9. The molecule has 15 nitrogen and oxygen atoms in total. The fraction of sp³-hybridized carbons (Fsp3) is 0.292. The lowest BCUT2D eigenvalue weighted by Crippen LogP contribution is -2.60. The molecule has 2 atom stereocenters. The third-order valence-corrected chi connectivity index (χ3v) is 7.61. The molecule has 1 unspecified atom stereocenters. The van der Waals surface area contributed by atoms with Crippen LogP contribution in [0.4, 0.5) is 4.79 Å². The molecule has 6 N–H and O–H groups in total. The standard InChI is InChI=1S/C24H26BN5O10S/c1-2-29-10-11-30(22(33)21(29)32)24(36)28-18(13-6-8-15(9-7-13)41(26,38)39)20(31)27-17-12-14-4-3-5-16(23(34)35)19(14)40-25(17)37/h3-9,17-18,37H,2,10-12H2,1H3,(H,27,31)(H,28,36)(H,34,35)(H2,26,38,39)/t17-,18?/m0/s1. The minimum Gasteiger partial charge on any atom is -0.534 e. The van der Waals surface area contributed by atoms with Crippen molar-refractivity contribution in [3.05, 3.63) is 59.2 Å². The van der Waals surface area contributed by atoms with Gasteiger partial charge in [0, 0.05) is 19.6 Å². The Kier molecular flexibility index (Phi) is 8.32. The molecule has 1 saturated heterocycles. The van der Waals surface area contributed by atoms with Gasteiger partial charge in [-0.2, -0.15) is 0 Å². The van der Waals surface area contributed by atoms with E-state index in [1.807, 2.05) is 0 Å². The van der Waals surface area contributed by atoms with Crippen molar-refractivity contribution in [2.24, 2.45) is 5.14 Å². The van der Waals surface area contributed by atoms with E-state index in [0.717, 1.165) is 12.1 Å². The maximum atomic E-state index is 13.5. The lowest BCUT2D eigenvalue weighted by molar-refractivity contribution is -0.153. The number of hydrogen-bond donors (Lipinski definition) is 5. The number of hydrogen-bond acceptors (Lipinski definition) is 9. The minimum atomic E-state index is -4.07. The highest BCUT2D eigenvalue weighted by atomic mass is 32.2. The Morgan fingerprint density at radius 1 is 1.12 bits per heavy atom. The first kappa shape index (κ1) is 29.5. The van der Waals surface area contributed by atoms with Crippen molar-refractivity contribution in [1.29, 1.82) is 0 Å². The summed E-state index contributed by atoms with van der Waals surface area (Å²) in [7, 11) is -5.73. The summed E-state index contributed by atoms with van der Waals surface area (Å²) in [5, 5.41) is 30.0. The number of piperazine rings is 1. The van der Waals surface area contributed by atoms with E-state index in [1.165, 1.54) is 29.2 Å². The number of aromatic carboxylic acids is 1. The average Bonchev–Trinajstić information content (AvgIpc) is 2.92. The molecule has 2 aliphatic rings. The highest BCUT2D eigenvalue weighted by Gasteiger charge is 2.41. The third-order valence-electron chi connectivity index (χ3n) is 6.68. The van der Waals surface area contributed by atoms with Gasteiger partial charge in [0.2, 0.25) is 15.9 Å². The summed E-state index contributed by atoms with van der Waals surface area (Å²) in [5.74, 6) is -5.24. The number of carbonyl (C=O) groups is 5. The first-order valence-electron chi connectivity index (χ1n) is 12.4. The Labute approximate surface area is 234 Å². The number of nitrogens with two attached hydrogens (primary N) is 1. The smallest absolute Gasteiger partial charge is 0.534 e. The van der Waals surface area contributed by atoms with Gasteiger partial charge in [0.25, 0.3) is 0 Å². The van der Waals surface area contributed by atoms with Crippen LogP contribution in [0, 0.1) is 0 Å². The predicted molar refractivity (Wildman–Crippen MR) is 141 cm³/mol. The molecule has 2 aromatic carbocycles. The number of carboxylic acids is 1. The van der Waals surface area contributed by atoms with Crippen molar-refractivity contribution in [2.45, 2.75) is 30.2 Å². The van der Waals surface area contributed by atoms with E-state index in [9.17, 15) is 42.5 Å². The fourth-order valence-corrected chi connectivity index (χ4v) is 5.02. The van der Waals surface area contributed by atoms with Crippen LogP contribution < -0.4 is 20.4 Å². The number of fused-ring (bicyclic) bond motifs is 1. The second-order valence-corrected chi connectivity index (χ2v) is 10.8. The molecule has 2 heterocycles. The number of para-hydroxylation sites is 1. The number of nitrogens with one attached hydrogen (secondary N) is 2. The van der Waals surface area contributed by atoms with Gasteiger partial charge in [-0.3, -0.25) is 19.3 Å². The number of rotatable bonds is 7. The summed E-state index contributed by atoms with van der Waals surface area (Å²) in [5.41, 5.74) is 0.319. The van der Waals surface area contributed by atoms with E-state index in [1.54, 1.807) is 13.0 Å². The van der Waals surface area contributed by atoms with E-state index < -0.39 is 58.8 Å². The summed E-state index contributed by atoms with van der Waals surface area (Å²) >= 11 is 0. The van der Waals surface area contributed by atoms with Crippen molar-refractivity contribution in [1.82, 2.24) is 20.4 Å². The molecular weight excluding hydrogens is 561 g/mol. The van der Waals surface area contributed by atoms with E-state index >= 15 is 0 Å². The number of likely N-dealkylation sites (N-methyl/N-ethyl adjacent to an activating group) is 1. The highest BCUT2D eigenvalue weighted by Crippen LogP contribution is 2.30. The number of nitrogens with zero attached hydrogens (tertiary/aromatic N) is 2. The van der Waals surface area contributed by atoms with Gasteiger partial charge in [0.05, 0.1) is 16.4 Å². The summed E-state index contributed by atoms with van der Waals surface area (Å²) in [4.78, 5) is 64.6. The zero-order valence-electron chi connectivity index (χ0n) is 21.6. The number of imide groups is 1. The molecule has 216 valence electrons. The van der Waals surface area contributed by atoms with Crippen molar-refractivity contribution in [2.75, 3.05) is 19.6 Å². The van der Waals surface area contributed by atoms with Crippen LogP contribution in [0.1, 0.15) is 34.5 Å². The monoisotopic (exact) mass is 587 g/mol. The van der Waals surface area contributed by atoms with Gasteiger partial charge in [0.1, 0.15) is 11.8 Å². The van der Waals surface area contributed by atoms with Crippen molar-refractivity contribution in [3.63, 3.8) is 0 Å². The molecule has 2 aliphatic heterocycles. The number of amides is 5. The molecule has 17 heteroatoms. The lowest BCUT2D eigenvalue weighted by Gasteiger charge is -2.33. The third kappa shape index (κ3) is 6.16. The summed E-state index contributed by atoms with van der Waals surface area (Å²) in [6.45, 7) is 1.92. The van der Waals surface area contributed by atoms with Gasteiger partial charge in [0.15, 0.2) is 0 Å². The van der Waals surface area contributed by atoms with Crippen molar-refractivity contribution < 1.29 is 47.2 Å². The largest absolute Gasteiger partial charge is 0.547 e. The van der Waals surface area contributed by atoms with E-state index in [4.69, 9.17) is 9.79 Å². The average molecular weight is 587 g/mol. The van der Waals surface area contributed by atoms with Crippen LogP contribution in [0.5, 0.6) is 5.75 Å². The highest BCUT2D eigenvalue weighted by molar-refractivity contribution is 7.89. The first-order chi connectivity index (χ1) is 19.3. The van der Waals surface area contributed by atoms with E-state index in [-0.39, 0.29) is 47.8 Å². The number of carboxylic acid groups (broad SMARTS) is 1. The molecule has 0 aliphatic carbocycles. The summed E-state index contributed by atoms with van der Waals surface area (Å²) < 4.78 is 28.8. The molecule has 0 bridgehead atoms. The van der Waals surface area contributed by atoms with Crippen molar-refractivity contribution in [3.8, 4) is 5.75 Å². The molecule has 5 amide bonds. The van der Waals surface area contributed by atoms with Gasteiger partial charge in [-0.05, 0) is 42.7 Å². The quantitative estimate of drug-likeness (QED) is 0.188. The lowest BCUT2D eigenvalue weighted by atomic mass is 9.72. The van der Waals surface area contributed by atoms with Gasteiger partial charge in [-0.25, -0.2) is 23.1 Å². The van der Waals surface area contributed by atoms with Crippen LogP contribution in [0.3, 0.4) is 0 Å². The molecule has 2 aromatic rings. The zero-order chi connectivity index (χ0) is 30.1. The number of benzene rings is 2. The molecule has 1 fully saturated rings. The summed E-state index contributed by atoms with van der Waals surface area (Å²) in [6, 6.07) is 6.47. The molecule has 0 aromatic heterocycles. The molecular formula is C24H26BN5O10S. The Morgan fingerprint density at radius 3 is 2.41 bits per heavy atom. The summed E-state index contributed by atoms with van der Waals surface area (Å²) in [6.07, 6.45) is -0.0274. The molecule has 0 saturated carbocycles.